The van der Waals surface area contributed by atoms with Crippen LogP contribution in [0.4, 0.5) is 0 Å². The van der Waals surface area contributed by atoms with Gasteiger partial charge in [-0.2, -0.15) is 0 Å². The van der Waals surface area contributed by atoms with Gasteiger partial charge in [0.05, 0.1) is 6.04 Å². The number of nitrogens with zero attached hydrogens (tertiary/aromatic N) is 1. The highest BCUT2D eigenvalue weighted by molar-refractivity contribution is 5.45. The van der Waals surface area contributed by atoms with Gasteiger partial charge in [-0.05, 0) is 50.2 Å². The quantitative estimate of drug-likeness (QED) is 0.904. The average Bonchev–Trinajstić information content (AvgIpc) is 2.37. The molecule has 1 atom stereocenters. The van der Waals surface area contributed by atoms with E-state index in [1.165, 1.54) is 11.1 Å². The Hall–Kier alpha value is -1.80. The van der Waals surface area contributed by atoms with Crippen molar-refractivity contribution in [3.8, 4) is 5.75 Å². The van der Waals surface area contributed by atoms with E-state index in [4.69, 9.17) is 0 Å². The summed E-state index contributed by atoms with van der Waals surface area (Å²) in [5, 5.41) is 9.91. The largest absolute Gasteiger partial charge is 0.507 e. The molecular formula is C17H21NO. The van der Waals surface area contributed by atoms with Gasteiger partial charge in [0.15, 0.2) is 0 Å². The lowest BCUT2D eigenvalue weighted by molar-refractivity contribution is 0.341. The second-order valence-corrected chi connectivity index (χ2v) is 5.28. The van der Waals surface area contributed by atoms with Crippen LogP contribution in [0.25, 0.3) is 0 Å². The number of benzene rings is 2. The van der Waals surface area contributed by atoms with Gasteiger partial charge in [0.25, 0.3) is 0 Å². The summed E-state index contributed by atoms with van der Waals surface area (Å²) < 4.78 is 0. The number of rotatable bonds is 3. The van der Waals surface area contributed by atoms with E-state index in [1.54, 1.807) is 0 Å². The van der Waals surface area contributed by atoms with Gasteiger partial charge < -0.3 is 5.11 Å². The normalized spacial score (nSPS) is 12.7. The molecule has 2 aromatic carbocycles. The minimum atomic E-state index is 0.208. The molecule has 0 aliphatic heterocycles. The van der Waals surface area contributed by atoms with E-state index in [2.05, 4.69) is 55.4 Å². The third-order valence-corrected chi connectivity index (χ3v) is 3.46. The molecular weight excluding hydrogens is 234 g/mol. The molecule has 1 N–H and O–H groups in total. The molecule has 0 spiro atoms. The van der Waals surface area contributed by atoms with Crippen LogP contribution in [0.1, 0.15) is 28.3 Å². The smallest absolute Gasteiger partial charge is 0.121 e. The van der Waals surface area contributed by atoms with E-state index in [9.17, 15) is 5.11 Å². The zero-order chi connectivity index (χ0) is 14.0. The molecule has 0 aliphatic rings. The molecule has 2 heteroatoms. The number of aromatic hydroxyl groups is 1. The molecule has 0 aliphatic carbocycles. The van der Waals surface area contributed by atoms with E-state index >= 15 is 0 Å². The first kappa shape index (κ1) is 13.6. The van der Waals surface area contributed by atoms with Crippen molar-refractivity contribution in [2.24, 2.45) is 0 Å². The fraction of sp³-hybridized carbons (Fsp3) is 0.294. The van der Waals surface area contributed by atoms with Crippen molar-refractivity contribution >= 4 is 0 Å². The van der Waals surface area contributed by atoms with E-state index in [-0.39, 0.29) is 6.04 Å². The first-order valence-electron chi connectivity index (χ1n) is 6.52. The van der Waals surface area contributed by atoms with Crippen LogP contribution in [-0.2, 0) is 0 Å². The summed E-state index contributed by atoms with van der Waals surface area (Å²) in [6, 6.07) is 14.8. The molecule has 0 saturated carbocycles. The highest BCUT2D eigenvalue weighted by Gasteiger charge is 2.18. The minimum absolute atomic E-state index is 0.208. The summed E-state index contributed by atoms with van der Waals surface area (Å²) in [5.74, 6) is 0.398. The van der Waals surface area contributed by atoms with Crippen LogP contribution in [-0.4, -0.2) is 24.1 Å². The maximum atomic E-state index is 9.91. The van der Waals surface area contributed by atoms with Gasteiger partial charge >= 0.3 is 0 Å². The van der Waals surface area contributed by atoms with Crippen LogP contribution in [0.5, 0.6) is 5.75 Å². The topological polar surface area (TPSA) is 23.5 Å². The lowest BCUT2D eigenvalue weighted by atomic mass is 9.94. The van der Waals surface area contributed by atoms with Crippen LogP contribution in [0.2, 0.25) is 0 Å². The van der Waals surface area contributed by atoms with Gasteiger partial charge in [-0.3, -0.25) is 4.90 Å². The molecule has 0 amide bonds. The molecule has 100 valence electrons. The van der Waals surface area contributed by atoms with Crippen molar-refractivity contribution in [3.05, 3.63) is 64.7 Å². The van der Waals surface area contributed by atoms with E-state index in [0.29, 0.717) is 5.75 Å². The molecule has 0 radical (unpaired) electrons. The molecule has 2 rings (SSSR count). The maximum absolute atomic E-state index is 9.91. The fourth-order valence-electron chi connectivity index (χ4n) is 2.57. The summed E-state index contributed by atoms with van der Waals surface area (Å²) in [7, 11) is 4.16. The molecule has 0 aromatic heterocycles. The summed E-state index contributed by atoms with van der Waals surface area (Å²) >= 11 is 0. The number of hydrogen-bond acceptors (Lipinski definition) is 2. The van der Waals surface area contributed by atoms with Crippen molar-refractivity contribution in [1.29, 1.82) is 0 Å². The lowest BCUT2D eigenvalue weighted by Crippen LogP contribution is -2.21. The Labute approximate surface area is 115 Å². The van der Waals surface area contributed by atoms with Crippen molar-refractivity contribution in [1.82, 2.24) is 4.90 Å². The molecule has 0 unspecified atom stereocenters. The van der Waals surface area contributed by atoms with Gasteiger partial charge in [0.2, 0.25) is 0 Å². The fourth-order valence-corrected chi connectivity index (χ4v) is 2.57. The van der Waals surface area contributed by atoms with Gasteiger partial charge in [0.1, 0.15) is 5.75 Å². The highest BCUT2D eigenvalue weighted by Crippen LogP contribution is 2.31. The highest BCUT2D eigenvalue weighted by atomic mass is 16.3. The molecule has 2 nitrogen and oxygen atoms in total. The van der Waals surface area contributed by atoms with Crippen LogP contribution >= 0.6 is 0 Å². The number of aryl methyl sites for hydroxylation is 2. The van der Waals surface area contributed by atoms with Gasteiger partial charge in [-0.1, -0.05) is 42.5 Å². The average molecular weight is 255 g/mol. The predicted molar refractivity (Wildman–Crippen MR) is 79.6 cm³/mol. The van der Waals surface area contributed by atoms with Crippen molar-refractivity contribution in [2.45, 2.75) is 19.9 Å². The zero-order valence-corrected chi connectivity index (χ0v) is 12.0. The number of hydrogen-bond donors (Lipinski definition) is 1. The Bertz CT molecular complexity index is 538. The Kier molecular flexibility index (Phi) is 3.91. The third-order valence-electron chi connectivity index (χ3n) is 3.46. The van der Waals surface area contributed by atoms with Crippen molar-refractivity contribution < 1.29 is 5.11 Å². The summed E-state index contributed by atoms with van der Waals surface area (Å²) in [6.45, 7) is 3.90. The molecule has 0 fully saturated rings. The summed E-state index contributed by atoms with van der Waals surface area (Å²) in [5.41, 5.74) is 4.33. The van der Waals surface area contributed by atoms with Crippen LogP contribution in [0.3, 0.4) is 0 Å². The maximum Gasteiger partial charge on any atom is 0.121 e. The molecule has 0 saturated heterocycles. The van der Waals surface area contributed by atoms with Crippen LogP contribution < -0.4 is 0 Å². The van der Waals surface area contributed by atoms with Gasteiger partial charge in [-0.15, -0.1) is 0 Å². The monoisotopic (exact) mass is 255 g/mol. The van der Waals surface area contributed by atoms with Crippen LogP contribution in [0, 0.1) is 13.8 Å². The number of phenolic OH excluding ortho intramolecular Hbond substituents is 1. The Morgan fingerprint density at radius 1 is 0.895 bits per heavy atom. The van der Waals surface area contributed by atoms with Crippen molar-refractivity contribution in [3.63, 3.8) is 0 Å². The first-order valence-corrected chi connectivity index (χ1v) is 6.52. The second kappa shape index (κ2) is 5.45. The third kappa shape index (κ3) is 2.79. The summed E-state index contributed by atoms with van der Waals surface area (Å²) in [6.07, 6.45) is 0. The van der Waals surface area contributed by atoms with E-state index in [0.717, 1.165) is 11.1 Å². The Balaban J connectivity index is 2.52. The van der Waals surface area contributed by atoms with E-state index in [1.807, 2.05) is 19.9 Å². The van der Waals surface area contributed by atoms with E-state index < -0.39 is 0 Å². The Morgan fingerprint density at radius 3 is 1.89 bits per heavy atom. The Morgan fingerprint density at radius 2 is 1.42 bits per heavy atom. The zero-order valence-electron chi connectivity index (χ0n) is 12.0. The van der Waals surface area contributed by atoms with Crippen molar-refractivity contribution in [2.75, 3.05) is 14.1 Å². The lowest BCUT2D eigenvalue weighted by Gasteiger charge is -2.26. The van der Waals surface area contributed by atoms with Gasteiger partial charge in [-0.25, -0.2) is 0 Å². The molecule has 0 heterocycles. The standard InChI is InChI=1S/C17H21NO/c1-12-10-15(11-13(2)17(12)19)16(18(3)4)14-8-6-5-7-9-14/h5-11,16,19H,1-4H3/t16-/m0/s1. The number of phenols is 1. The molecule has 2 aromatic rings. The second-order valence-electron chi connectivity index (χ2n) is 5.28. The van der Waals surface area contributed by atoms with Gasteiger partial charge in [0, 0.05) is 0 Å². The predicted octanol–water partition coefficient (Wildman–Crippen LogP) is 3.66. The first-order chi connectivity index (χ1) is 9.00. The minimum Gasteiger partial charge on any atom is -0.507 e. The summed E-state index contributed by atoms with van der Waals surface area (Å²) in [4.78, 5) is 2.20. The van der Waals surface area contributed by atoms with Crippen LogP contribution in [0.15, 0.2) is 42.5 Å². The SMILES string of the molecule is Cc1cc([C@H](c2ccccc2)N(C)C)cc(C)c1O. The molecule has 0 bridgehead atoms. The molecule has 19 heavy (non-hydrogen) atoms.